The maximum absolute atomic E-state index is 13.0. The third-order valence-electron chi connectivity index (χ3n) is 15.3. The first-order valence-electron chi connectivity index (χ1n) is 33.1. The Balaban J connectivity index is 1.99. The highest BCUT2D eigenvalue weighted by molar-refractivity contribution is 5.76. The fourth-order valence-corrected chi connectivity index (χ4v) is 10.2. The molecule has 11 heteroatoms. The van der Waals surface area contributed by atoms with Gasteiger partial charge in [0.05, 0.1) is 32.0 Å². The van der Waals surface area contributed by atoms with Gasteiger partial charge in [0.25, 0.3) is 0 Å². The zero-order chi connectivity index (χ0) is 57.3. The molecule has 1 heterocycles. The van der Waals surface area contributed by atoms with Crippen LogP contribution in [0.4, 0.5) is 0 Å². The molecule has 1 fully saturated rings. The average Bonchev–Trinajstić information content (AvgIpc) is 3.51. The summed E-state index contributed by atoms with van der Waals surface area (Å²) in [5.74, 6) is -0.211. The van der Waals surface area contributed by atoms with Crippen LogP contribution in [0.3, 0.4) is 0 Å². The highest BCUT2D eigenvalue weighted by Gasteiger charge is 2.44. The second kappa shape index (κ2) is 57.2. The van der Waals surface area contributed by atoms with E-state index in [0.29, 0.717) is 25.9 Å². The van der Waals surface area contributed by atoms with Crippen molar-refractivity contribution in [2.24, 2.45) is 0 Å². The first-order valence-corrected chi connectivity index (χ1v) is 33.1. The summed E-state index contributed by atoms with van der Waals surface area (Å²) in [6, 6.07) is -0.842. The van der Waals surface area contributed by atoms with Crippen molar-refractivity contribution in [3.05, 3.63) is 60.8 Å². The topological polar surface area (TPSA) is 175 Å². The Hall–Kier alpha value is -2.64. The number of nitrogens with one attached hydrogen (secondary N) is 1. The molecule has 7 atom stereocenters. The van der Waals surface area contributed by atoms with Crippen molar-refractivity contribution in [3.8, 4) is 0 Å². The summed E-state index contributed by atoms with van der Waals surface area (Å²) >= 11 is 0. The molecule has 0 spiro atoms. The van der Waals surface area contributed by atoms with Gasteiger partial charge in [-0.05, 0) is 83.5 Å². The van der Waals surface area contributed by atoms with Gasteiger partial charge < -0.3 is 45.1 Å². The Morgan fingerprint density at radius 3 is 1.38 bits per heavy atom. The molecule has 79 heavy (non-hydrogen) atoms. The molecule has 460 valence electrons. The molecule has 0 aliphatic carbocycles. The fraction of sp³-hybridized carbons (Fsp3) is 0.824. The Kier molecular flexibility index (Phi) is 53.8. The van der Waals surface area contributed by atoms with E-state index in [2.05, 4.69) is 67.8 Å². The fourth-order valence-electron chi connectivity index (χ4n) is 10.2. The summed E-state index contributed by atoms with van der Waals surface area (Å²) in [5.41, 5.74) is 0. The zero-order valence-corrected chi connectivity index (χ0v) is 50.8. The smallest absolute Gasteiger partial charge is 0.305 e. The summed E-state index contributed by atoms with van der Waals surface area (Å²) in [6.07, 6.45) is 65.0. The molecule has 11 nitrogen and oxygen atoms in total. The molecule has 0 aromatic heterocycles. The average molecular weight is 1110 g/mol. The number of ether oxygens (including phenoxy) is 3. The molecule has 1 saturated heterocycles. The van der Waals surface area contributed by atoms with Crippen LogP contribution in [0.25, 0.3) is 0 Å². The number of carbonyl (C=O) groups excluding carboxylic acids is 2. The van der Waals surface area contributed by atoms with Gasteiger partial charge in [-0.25, -0.2) is 0 Å². The number of rotatable bonds is 57. The SMILES string of the molecule is CC/C=C/CC/C=C/CC/C=C/C(O)C(COC1OC(CO)C(O)C(O)C1O)NC(=O)CCCCCCCCC/C=C\C/C=C\CCCCCCCCCCCOC(=O)CCCCCCCCCCCCCCCCCCCC. The van der Waals surface area contributed by atoms with E-state index in [9.17, 15) is 35.1 Å². The molecule has 0 aromatic rings. The van der Waals surface area contributed by atoms with Crippen LogP contribution in [-0.2, 0) is 23.8 Å². The third-order valence-corrected chi connectivity index (χ3v) is 15.3. The molecule has 7 unspecified atom stereocenters. The van der Waals surface area contributed by atoms with Crippen molar-refractivity contribution in [1.82, 2.24) is 5.32 Å². The van der Waals surface area contributed by atoms with E-state index in [1.54, 1.807) is 6.08 Å². The van der Waals surface area contributed by atoms with Gasteiger partial charge in [-0.2, -0.15) is 0 Å². The number of aliphatic hydroxyl groups excluding tert-OH is 5. The van der Waals surface area contributed by atoms with E-state index in [0.717, 1.165) is 96.3 Å². The van der Waals surface area contributed by atoms with E-state index >= 15 is 0 Å². The molecule has 1 amide bonds. The summed E-state index contributed by atoms with van der Waals surface area (Å²) in [7, 11) is 0. The number of carbonyl (C=O) groups is 2. The van der Waals surface area contributed by atoms with E-state index in [1.807, 2.05) is 6.08 Å². The van der Waals surface area contributed by atoms with Crippen molar-refractivity contribution < 1.29 is 49.3 Å². The van der Waals surface area contributed by atoms with Crippen molar-refractivity contribution >= 4 is 11.9 Å². The van der Waals surface area contributed by atoms with E-state index in [4.69, 9.17) is 14.2 Å². The van der Waals surface area contributed by atoms with E-state index in [-0.39, 0.29) is 18.5 Å². The van der Waals surface area contributed by atoms with Crippen LogP contribution in [0.5, 0.6) is 0 Å². The lowest BCUT2D eigenvalue weighted by atomic mass is 9.99. The first kappa shape index (κ1) is 74.4. The maximum atomic E-state index is 13.0. The molecule has 0 radical (unpaired) electrons. The number of hydrogen-bond acceptors (Lipinski definition) is 10. The van der Waals surface area contributed by atoms with E-state index < -0.39 is 49.5 Å². The van der Waals surface area contributed by atoms with Gasteiger partial charge in [-0.15, -0.1) is 0 Å². The van der Waals surface area contributed by atoms with Crippen LogP contribution < -0.4 is 5.32 Å². The van der Waals surface area contributed by atoms with Crippen molar-refractivity contribution in [3.63, 3.8) is 0 Å². The second-order valence-corrected chi connectivity index (χ2v) is 22.8. The summed E-state index contributed by atoms with van der Waals surface area (Å²) in [6.45, 7) is 4.20. The van der Waals surface area contributed by atoms with Crippen LogP contribution in [0, 0.1) is 0 Å². The maximum Gasteiger partial charge on any atom is 0.305 e. The molecule has 0 saturated carbocycles. The zero-order valence-electron chi connectivity index (χ0n) is 50.8. The van der Waals surface area contributed by atoms with Crippen LogP contribution in [-0.4, -0.2) is 100 Å². The highest BCUT2D eigenvalue weighted by Crippen LogP contribution is 2.23. The second-order valence-electron chi connectivity index (χ2n) is 22.8. The van der Waals surface area contributed by atoms with Crippen molar-refractivity contribution in [2.75, 3.05) is 19.8 Å². The predicted octanol–water partition coefficient (Wildman–Crippen LogP) is 16.2. The molecular formula is C68H123NO10. The van der Waals surface area contributed by atoms with Gasteiger partial charge in [0.1, 0.15) is 24.4 Å². The quantitative estimate of drug-likeness (QED) is 0.0195. The lowest BCUT2D eigenvalue weighted by Crippen LogP contribution is -2.60. The van der Waals surface area contributed by atoms with Gasteiger partial charge in [0, 0.05) is 12.8 Å². The van der Waals surface area contributed by atoms with Gasteiger partial charge in [0.2, 0.25) is 5.91 Å². The number of unbranched alkanes of at least 4 members (excludes halogenated alkanes) is 35. The minimum absolute atomic E-state index is 0.00154. The summed E-state index contributed by atoms with van der Waals surface area (Å²) in [4.78, 5) is 25.1. The lowest BCUT2D eigenvalue weighted by molar-refractivity contribution is -0.302. The molecule has 1 rings (SSSR count). The number of esters is 1. The first-order chi connectivity index (χ1) is 38.7. The normalized spacial score (nSPS) is 18.8. The molecule has 1 aliphatic heterocycles. The summed E-state index contributed by atoms with van der Waals surface area (Å²) < 4.78 is 16.7. The Bertz CT molecular complexity index is 1500. The lowest BCUT2D eigenvalue weighted by Gasteiger charge is -2.40. The van der Waals surface area contributed by atoms with Crippen molar-refractivity contribution in [1.29, 1.82) is 0 Å². The largest absolute Gasteiger partial charge is 0.466 e. The number of aliphatic hydroxyl groups is 5. The monoisotopic (exact) mass is 1110 g/mol. The standard InChI is InChI=1S/C68H123NO10/c1-3-5-7-9-11-13-15-16-17-18-27-30-33-36-40-44-48-52-56-64(73)77-57-53-49-45-41-37-34-31-28-25-23-21-19-20-22-24-26-29-32-35-39-43-47-51-55-63(72)69-60(59-78-68-67(76)66(75)65(74)62(58-70)79-68)61(71)54-50-46-42-38-14-12-10-8-6-4-2/h6,8,14,19,21-22,24,38,50,54,60-62,65-68,70-71,74-76H,3-5,7,9-13,15-18,20,23,25-37,39-49,51-53,55-59H2,1-2H3,(H,69,72)/b8-6+,21-19-,24-22-,38-14+,54-50+. The summed E-state index contributed by atoms with van der Waals surface area (Å²) in [5, 5.41) is 54.2. The van der Waals surface area contributed by atoms with Crippen LogP contribution in [0.2, 0.25) is 0 Å². The van der Waals surface area contributed by atoms with Crippen LogP contribution in [0.1, 0.15) is 296 Å². The molecule has 6 N–H and O–H groups in total. The van der Waals surface area contributed by atoms with Crippen LogP contribution >= 0.6 is 0 Å². The molecular weight excluding hydrogens is 991 g/mol. The highest BCUT2D eigenvalue weighted by atomic mass is 16.7. The molecule has 0 bridgehead atoms. The van der Waals surface area contributed by atoms with Gasteiger partial charge in [-0.1, -0.05) is 261 Å². The third kappa shape index (κ3) is 46.5. The minimum Gasteiger partial charge on any atom is -0.466 e. The molecule has 1 aliphatic rings. The van der Waals surface area contributed by atoms with Crippen LogP contribution in [0.15, 0.2) is 60.8 Å². The minimum atomic E-state index is -1.58. The number of hydrogen-bond donors (Lipinski definition) is 6. The van der Waals surface area contributed by atoms with Crippen molar-refractivity contribution in [2.45, 2.75) is 339 Å². The van der Waals surface area contributed by atoms with Gasteiger partial charge in [-0.3, -0.25) is 9.59 Å². The number of allylic oxidation sites excluding steroid dienone is 9. The molecule has 0 aromatic carbocycles. The Morgan fingerprint density at radius 2 is 0.899 bits per heavy atom. The Labute approximate surface area is 484 Å². The van der Waals surface area contributed by atoms with E-state index in [1.165, 1.54) is 167 Å². The Morgan fingerprint density at radius 1 is 0.481 bits per heavy atom. The predicted molar refractivity (Wildman–Crippen MR) is 329 cm³/mol. The number of amides is 1. The van der Waals surface area contributed by atoms with Gasteiger partial charge >= 0.3 is 5.97 Å². The van der Waals surface area contributed by atoms with Gasteiger partial charge in [0.15, 0.2) is 6.29 Å².